The van der Waals surface area contributed by atoms with Crippen LogP contribution in [0.1, 0.15) is 348 Å². The van der Waals surface area contributed by atoms with E-state index in [0.717, 1.165) is 64.2 Å². The number of rotatable bonds is 67. The van der Waals surface area contributed by atoms with E-state index in [1.54, 1.807) is 0 Å². The standard InChI is InChI=1S/C74H137NO8/c1-6-8-10-12-14-16-18-20-22-24-26-28-30-32-33-34-35-36-37-38-39-41-42-44-46-48-50-52-54-56-58-60-62-64-71(76)81-68-70(69-82-74(73(78)79)80-67-66-75(3,4)5)83-72(77)65-63-61-59-57-55-53-51-49-47-45-43-40-31-29-27-25-23-21-19-17-15-13-11-9-7-2/h9,11,15,17,21,23,27,29,70,74H,6-8,10,12-14,16,18-20,22,24-26,28,30-69H2,1-5H3/p+1/b11-9-,17-15-,23-21-,29-27-. The van der Waals surface area contributed by atoms with Crippen LogP contribution < -0.4 is 0 Å². The number of nitrogens with zero attached hydrogens (tertiary/aromatic N) is 1. The summed E-state index contributed by atoms with van der Waals surface area (Å²) in [6.07, 6.45) is 81.0. The van der Waals surface area contributed by atoms with Crippen LogP contribution in [-0.2, 0) is 33.3 Å². The average Bonchev–Trinajstić information content (AvgIpc) is 3.46. The van der Waals surface area contributed by atoms with Crippen molar-refractivity contribution in [2.45, 2.75) is 360 Å². The molecule has 0 amide bonds. The van der Waals surface area contributed by atoms with Crippen LogP contribution in [0.3, 0.4) is 0 Å². The number of ether oxygens (including phenoxy) is 4. The van der Waals surface area contributed by atoms with Crippen LogP contribution in [0.25, 0.3) is 0 Å². The maximum atomic E-state index is 12.9. The predicted octanol–water partition coefficient (Wildman–Crippen LogP) is 22.1. The van der Waals surface area contributed by atoms with Crippen molar-refractivity contribution in [3.05, 3.63) is 48.6 Å². The quantitative estimate of drug-likeness (QED) is 0.0211. The molecule has 0 aliphatic heterocycles. The Balaban J connectivity index is 4.03. The van der Waals surface area contributed by atoms with Crippen LogP contribution >= 0.6 is 0 Å². The third-order valence-electron chi connectivity index (χ3n) is 16.1. The molecular formula is C74H138NO8+. The minimum atomic E-state index is -1.51. The smallest absolute Gasteiger partial charge is 0.361 e. The maximum Gasteiger partial charge on any atom is 0.361 e. The number of allylic oxidation sites excluding steroid dienone is 8. The van der Waals surface area contributed by atoms with Gasteiger partial charge in [-0.25, -0.2) is 4.79 Å². The van der Waals surface area contributed by atoms with Crippen molar-refractivity contribution < 1.29 is 42.9 Å². The lowest BCUT2D eigenvalue weighted by Crippen LogP contribution is -2.40. The van der Waals surface area contributed by atoms with Crippen molar-refractivity contribution in [1.82, 2.24) is 0 Å². The van der Waals surface area contributed by atoms with Crippen molar-refractivity contribution in [3.8, 4) is 0 Å². The van der Waals surface area contributed by atoms with Crippen molar-refractivity contribution in [3.63, 3.8) is 0 Å². The van der Waals surface area contributed by atoms with Gasteiger partial charge in [0.2, 0.25) is 0 Å². The van der Waals surface area contributed by atoms with Gasteiger partial charge in [0.25, 0.3) is 6.29 Å². The summed E-state index contributed by atoms with van der Waals surface area (Å²) in [5.74, 6) is -1.99. The average molecular weight is 1170 g/mol. The van der Waals surface area contributed by atoms with Gasteiger partial charge in [-0.3, -0.25) is 9.59 Å². The Bertz CT molecular complexity index is 1500. The molecule has 0 radical (unpaired) electrons. The largest absolute Gasteiger partial charge is 0.477 e. The van der Waals surface area contributed by atoms with Crippen LogP contribution in [0.2, 0.25) is 0 Å². The minimum Gasteiger partial charge on any atom is -0.477 e. The topological polar surface area (TPSA) is 108 Å². The number of esters is 2. The Morgan fingerprint density at radius 3 is 1.02 bits per heavy atom. The predicted molar refractivity (Wildman–Crippen MR) is 355 cm³/mol. The van der Waals surface area contributed by atoms with E-state index in [-0.39, 0.29) is 32.2 Å². The Labute approximate surface area is 514 Å². The van der Waals surface area contributed by atoms with Gasteiger partial charge in [0.1, 0.15) is 13.2 Å². The summed E-state index contributed by atoms with van der Waals surface area (Å²) in [7, 11) is 5.99. The Kier molecular flexibility index (Phi) is 63.1. The number of hydrogen-bond donors (Lipinski definition) is 1. The molecule has 0 aromatic carbocycles. The van der Waals surface area contributed by atoms with Gasteiger partial charge in [0, 0.05) is 12.8 Å². The molecule has 486 valence electrons. The third kappa shape index (κ3) is 66.6. The summed E-state index contributed by atoms with van der Waals surface area (Å²) >= 11 is 0. The summed E-state index contributed by atoms with van der Waals surface area (Å²) in [5, 5.41) is 9.75. The van der Waals surface area contributed by atoms with E-state index >= 15 is 0 Å². The van der Waals surface area contributed by atoms with Crippen molar-refractivity contribution in [2.24, 2.45) is 0 Å². The Hall–Kier alpha value is -2.75. The van der Waals surface area contributed by atoms with Crippen LogP contribution in [0.4, 0.5) is 0 Å². The summed E-state index contributed by atoms with van der Waals surface area (Å²) in [6, 6.07) is 0. The third-order valence-corrected chi connectivity index (χ3v) is 16.1. The summed E-state index contributed by atoms with van der Waals surface area (Å²) in [5.41, 5.74) is 0. The molecule has 0 fully saturated rings. The van der Waals surface area contributed by atoms with E-state index in [1.807, 2.05) is 21.1 Å². The number of likely N-dealkylation sites (N-methyl/N-ethyl adjacent to an activating group) is 1. The summed E-state index contributed by atoms with van der Waals surface area (Å²) < 4.78 is 23.0. The van der Waals surface area contributed by atoms with E-state index in [9.17, 15) is 19.5 Å². The first-order valence-corrected chi connectivity index (χ1v) is 35.8. The van der Waals surface area contributed by atoms with Crippen molar-refractivity contribution in [1.29, 1.82) is 0 Å². The molecule has 0 saturated heterocycles. The number of carbonyl (C=O) groups excluding carboxylic acids is 2. The molecule has 83 heavy (non-hydrogen) atoms. The molecule has 0 aromatic heterocycles. The number of carboxylic acids is 1. The molecule has 0 rings (SSSR count). The summed E-state index contributed by atoms with van der Waals surface area (Å²) in [6.45, 7) is 4.82. The highest BCUT2D eigenvalue weighted by Gasteiger charge is 2.25. The monoisotopic (exact) mass is 1170 g/mol. The highest BCUT2D eigenvalue weighted by molar-refractivity contribution is 5.71. The van der Waals surface area contributed by atoms with Gasteiger partial charge in [-0.05, 0) is 51.4 Å². The molecule has 0 spiro atoms. The fourth-order valence-corrected chi connectivity index (χ4v) is 10.7. The van der Waals surface area contributed by atoms with Gasteiger partial charge in [-0.15, -0.1) is 0 Å². The summed E-state index contributed by atoms with van der Waals surface area (Å²) in [4.78, 5) is 37.6. The van der Waals surface area contributed by atoms with E-state index in [2.05, 4.69) is 62.5 Å². The van der Waals surface area contributed by atoms with Crippen LogP contribution in [0.15, 0.2) is 48.6 Å². The Morgan fingerprint density at radius 2 is 0.687 bits per heavy atom. The molecule has 1 N–H and O–H groups in total. The number of carboxylic acid groups (broad SMARTS) is 1. The SMILES string of the molecule is CC/C=C\C/C=C\C/C=C\C/C=C\CCCCCCCCCCCCCCC(=O)OC(COC(=O)CCCCCCCCCCCCCCCCCCCCCCCCCCCCCCCCCCC)COC(OCC[N+](C)(C)C)C(=O)O. The molecule has 0 saturated carbocycles. The van der Waals surface area contributed by atoms with Crippen LogP contribution in [0.5, 0.6) is 0 Å². The maximum absolute atomic E-state index is 12.9. The van der Waals surface area contributed by atoms with E-state index in [4.69, 9.17) is 18.9 Å². The van der Waals surface area contributed by atoms with Crippen molar-refractivity contribution >= 4 is 17.9 Å². The molecule has 0 bridgehead atoms. The van der Waals surface area contributed by atoms with Gasteiger partial charge in [-0.2, -0.15) is 0 Å². The number of hydrogen-bond acceptors (Lipinski definition) is 7. The van der Waals surface area contributed by atoms with Gasteiger partial charge >= 0.3 is 17.9 Å². The fraction of sp³-hybridized carbons (Fsp3) is 0.851. The molecular weight excluding hydrogens is 1030 g/mol. The normalized spacial score (nSPS) is 12.9. The molecule has 2 atom stereocenters. The van der Waals surface area contributed by atoms with E-state index in [1.165, 1.54) is 257 Å². The number of aliphatic carboxylic acids is 1. The second-order valence-electron chi connectivity index (χ2n) is 25.5. The zero-order valence-corrected chi connectivity index (χ0v) is 55.6. The molecule has 9 heteroatoms. The first-order valence-electron chi connectivity index (χ1n) is 35.8. The number of quaternary nitrogens is 1. The van der Waals surface area contributed by atoms with Gasteiger partial charge in [0.05, 0.1) is 34.4 Å². The van der Waals surface area contributed by atoms with E-state index < -0.39 is 24.3 Å². The molecule has 0 aromatic rings. The molecule has 9 nitrogen and oxygen atoms in total. The molecule has 0 heterocycles. The highest BCUT2D eigenvalue weighted by atomic mass is 16.7. The Morgan fingerprint density at radius 1 is 0.373 bits per heavy atom. The number of carbonyl (C=O) groups is 3. The van der Waals surface area contributed by atoms with E-state index in [0.29, 0.717) is 17.4 Å². The molecule has 2 unspecified atom stereocenters. The highest BCUT2D eigenvalue weighted by Crippen LogP contribution is 2.19. The van der Waals surface area contributed by atoms with Gasteiger partial charge in [-0.1, -0.05) is 332 Å². The lowest BCUT2D eigenvalue weighted by atomic mass is 10.0. The first kappa shape index (κ1) is 80.2. The lowest BCUT2D eigenvalue weighted by Gasteiger charge is -2.25. The number of unbranched alkanes of at least 4 members (excludes halogenated alkanes) is 44. The van der Waals surface area contributed by atoms with Gasteiger partial charge < -0.3 is 28.5 Å². The lowest BCUT2D eigenvalue weighted by molar-refractivity contribution is -0.870. The molecule has 0 aliphatic carbocycles. The minimum absolute atomic E-state index is 0.179. The van der Waals surface area contributed by atoms with Crippen molar-refractivity contribution in [2.75, 3.05) is 47.5 Å². The zero-order valence-electron chi connectivity index (χ0n) is 55.6. The fourth-order valence-electron chi connectivity index (χ4n) is 10.7. The second kappa shape index (κ2) is 65.2. The van der Waals surface area contributed by atoms with Gasteiger partial charge in [0.15, 0.2) is 6.10 Å². The molecule has 0 aliphatic rings. The zero-order chi connectivity index (χ0) is 60.5. The first-order chi connectivity index (χ1) is 40.6. The van der Waals surface area contributed by atoms with Crippen LogP contribution in [-0.4, -0.2) is 87.4 Å². The van der Waals surface area contributed by atoms with Crippen LogP contribution in [0, 0.1) is 0 Å². The second-order valence-corrected chi connectivity index (χ2v) is 25.5.